The van der Waals surface area contributed by atoms with Crippen LogP contribution in [0.15, 0.2) is 30.7 Å². The minimum absolute atomic E-state index is 0.0346. The SMILES string of the molecule is CCN(C(=O)c1cc(F)ccc1Oc1cncnc1N1CC2(CCN(CC3CCC(NS(=O)(=O)C4CCC4)CC3)CC2)C1)C(C)C. The molecule has 4 aliphatic rings. The maximum Gasteiger partial charge on any atom is 0.257 e. The van der Waals surface area contributed by atoms with E-state index in [0.717, 1.165) is 90.5 Å². The average Bonchev–Trinajstić information content (AvgIpc) is 2.97. The molecule has 4 fully saturated rings. The van der Waals surface area contributed by atoms with Crippen molar-refractivity contribution in [1.29, 1.82) is 0 Å². The van der Waals surface area contributed by atoms with Crippen molar-refractivity contribution in [2.75, 3.05) is 44.2 Å². The van der Waals surface area contributed by atoms with E-state index in [9.17, 15) is 17.6 Å². The molecule has 0 radical (unpaired) electrons. The van der Waals surface area contributed by atoms with E-state index >= 15 is 0 Å². The lowest BCUT2D eigenvalue weighted by molar-refractivity contribution is 0.0618. The molecule has 2 saturated heterocycles. The Balaban J connectivity index is 1.01. The predicted molar refractivity (Wildman–Crippen MR) is 176 cm³/mol. The zero-order valence-electron chi connectivity index (χ0n) is 27.5. The van der Waals surface area contributed by atoms with Crippen LogP contribution in [0.4, 0.5) is 10.2 Å². The van der Waals surface area contributed by atoms with Crippen LogP contribution >= 0.6 is 0 Å². The van der Waals surface area contributed by atoms with Crippen LogP contribution < -0.4 is 14.4 Å². The Morgan fingerprint density at radius 1 is 1.11 bits per heavy atom. The minimum Gasteiger partial charge on any atom is -0.451 e. The summed E-state index contributed by atoms with van der Waals surface area (Å²) >= 11 is 0. The van der Waals surface area contributed by atoms with Gasteiger partial charge in [-0.2, -0.15) is 0 Å². The van der Waals surface area contributed by atoms with Crippen molar-refractivity contribution in [3.05, 3.63) is 42.1 Å². The van der Waals surface area contributed by atoms with E-state index in [4.69, 9.17) is 4.74 Å². The summed E-state index contributed by atoms with van der Waals surface area (Å²) in [5, 5.41) is -0.165. The quantitative estimate of drug-likeness (QED) is 0.351. The van der Waals surface area contributed by atoms with Crippen LogP contribution in [-0.4, -0.2) is 90.7 Å². The van der Waals surface area contributed by atoms with E-state index in [1.54, 1.807) is 11.1 Å². The number of halogens is 1. The van der Waals surface area contributed by atoms with Crippen LogP contribution in [0.2, 0.25) is 0 Å². The van der Waals surface area contributed by atoms with Crippen molar-refractivity contribution in [3.63, 3.8) is 0 Å². The predicted octanol–water partition coefficient (Wildman–Crippen LogP) is 5.21. The Morgan fingerprint density at radius 3 is 2.46 bits per heavy atom. The summed E-state index contributed by atoms with van der Waals surface area (Å²) in [7, 11) is -3.14. The first-order valence-electron chi connectivity index (χ1n) is 17.1. The first-order valence-corrected chi connectivity index (χ1v) is 18.7. The maximum absolute atomic E-state index is 14.3. The molecule has 1 amide bonds. The highest BCUT2D eigenvalue weighted by atomic mass is 32.2. The Hall–Kier alpha value is -2.83. The Bertz CT molecular complexity index is 1480. The third-order valence-electron chi connectivity index (χ3n) is 10.7. The lowest BCUT2D eigenvalue weighted by atomic mass is 9.71. The van der Waals surface area contributed by atoms with Crippen LogP contribution in [0.25, 0.3) is 0 Å². The molecule has 1 aromatic carbocycles. The van der Waals surface area contributed by atoms with E-state index in [-0.39, 0.29) is 40.0 Å². The Labute approximate surface area is 273 Å². The van der Waals surface area contributed by atoms with Crippen molar-refractivity contribution in [2.24, 2.45) is 11.3 Å². The second-order valence-corrected chi connectivity index (χ2v) is 16.2. The van der Waals surface area contributed by atoms with Gasteiger partial charge in [-0.25, -0.2) is 27.5 Å². The first kappa shape index (κ1) is 33.1. The number of carbonyl (C=O) groups is 1. The van der Waals surface area contributed by atoms with Gasteiger partial charge in [0.05, 0.1) is 17.0 Å². The number of aromatic nitrogens is 2. The number of ether oxygens (including phenoxy) is 1. The fourth-order valence-electron chi connectivity index (χ4n) is 7.67. The second kappa shape index (κ2) is 13.7. The summed E-state index contributed by atoms with van der Waals surface area (Å²) in [5.41, 5.74) is 0.424. The van der Waals surface area contributed by atoms with Gasteiger partial charge in [-0.05, 0) is 109 Å². The Kier molecular flexibility index (Phi) is 9.87. The molecule has 2 saturated carbocycles. The van der Waals surface area contributed by atoms with Crippen molar-refractivity contribution >= 4 is 21.7 Å². The summed E-state index contributed by atoms with van der Waals surface area (Å²) in [6.45, 7) is 11.3. The van der Waals surface area contributed by atoms with Gasteiger partial charge in [0.1, 0.15) is 17.9 Å². The summed E-state index contributed by atoms with van der Waals surface area (Å²) in [6, 6.07) is 4.11. The summed E-state index contributed by atoms with van der Waals surface area (Å²) in [6.07, 6.45) is 12.1. The molecule has 12 heteroatoms. The number of nitrogens with one attached hydrogen (secondary N) is 1. The van der Waals surface area contributed by atoms with Gasteiger partial charge in [-0.1, -0.05) is 6.42 Å². The number of hydrogen-bond donors (Lipinski definition) is 1. The molecule has 1 aromatic heterocycles. The minimum atomic E-state index is -3.14. The number of carbonyl (C=O) groups excluding carboxylic acids is 1. The molecule has 252 valence electrons. The van der Waals surface area contributed by atoms with Gasteiger partial charge in [-0.3, -0.25) is 4.79 Å². The van der Waals surface area contributed by atoms with Crippen molar-refractivity contribution in [1.82, 2.24) is 24.5 Å². The molecule has 2 aromatic rings. The van der Waals surface area contributed by atoms with Gasteiger partial charge in [0.15, 0.2) is 11.6 Å². The highest BCUT2D eigenvalue weighted by molar-refractivity contribution is 7.90. The van der Waals surface area contributed by atoms with E-state index in [2.05, 4.69) is 24.5 Å². The molecule has 10 nitrogen and oxygen atoms in total. The number of sulfonamides is 1. The number of rotatable bonds is 11. The van der Waals surface area contributed by atoms with Crippen LogP contribution in [0, 0.1) is 17.2 Å². The molecular formula is C34H49FN6O4S. The molecule has 3 heterocycles. The molecule has 0 bridgehead atoms. The van der Waals surface area contributed by atoms with Crippen molar-refractivity contribution < 1.29 is 22.3 Å². The monoisotopic (exact) mass is 656 g/mol. The first-order chi connectivity index (χ1) is 22.1. The highest BCUT2D eigenvalue weighted by Gasteiger charge is 2.46. The van der Waals surface area contributed by atoms with Gasteiger partial charge >= 0.3 is 0 Å². The number of piperidine rings is 1. The van der Waals surface area contributed by atoms with Crippen LogP contribution in [0.5, 0.6) is 11.5 Å². The normalized spacial score (nSPS) is 23.6. The molecular weight excluding hydrogens is 607 g/mol. The van der Waals surface area contributed by atoms with Crippen molar-refractivity contribution in [3.8, 4) is 11.5 Å². The average molecular weight is 657 g/mol. The van der Waals surface area contributed by atoms with Crippen LogP contribution in [0.3, 0.4) is 0 Å². The molecule has 2 aliphatic carbocycles. The van der Waals surface area contributed by atoms with Gasteiger partial charge < -0.3 is 19.4 Å². The number of likely N-dealkylation sites (tertiary alicyclic amines) is 1. The van der Waals surface area contributed by atoms with Gasteiger partial charge in [0.2, 0.25) is 10.0 Å². The fourth-order valence-corrected chi connectivity index (χ4v) is 9.52. The van der Waals surface area contributed by atoms with E-state index < -0.39 is 15.8 Å². The van der Waals surface area contributed by atoms with Gasteiger partial charge in [0.25, 0.3) is 5.91 Å². The second-order valence-electron chi connectivity index (χ2n) is 14.2. The number of amides is 1. The Morgan fingerprint density at radius 2 is 1.83 bits per heavy atom. The third kappa shape index (κ3) is 7.18. The summed E-state index contributed by atoms with van der Waals surface area (Å²) < 4.78 is 48.6. The smallest absolute Gasteiger partial charge is 0.257 e. The van der Waals surface area contributed by atoms with E-state index in [0.29, 0.717) is 24.0 Å². The number of anilines is 1. The van der Waals surface area contributed by atoms with Crippen LogP contribution in [-0.2, 0) is 10.0 Å². The molecule has 46 heavy (non-hydrogen) atoms. The molecule has 2 aliphatic heterocycles. The highest BCUT2D eigenvalue weighted by Crippen LogP contribution is 2.45. The van der Waals surface area contributed by atoms with E-state index in [1.165, 1.54) is 24.5 Å². The largest absolute Gasteiger partial charge is 0.451 e. The van der Waals surface area contributed by atoms with Crippen LogP contribution in [0.1, 0.15) is 88.9 Å². The topological polar surface area (TPSA) is 108 Å². The van der Waals surface area contributed by atoms with Gasteiger partial charge in [0, 0.05) is 43.7 Å². The molecule has 6 rings (SSSR count). The lowest BCUT2D eigenvalue weighted by Gasteiger charge is -2.54. The van der Waals surface area contributed by atoms with Gasteiger partial charge in [-0.15, -0.1) is 0 Å². The molecule has 0 atom stereocenters. The standard InChI is InChI=1S/C34H49FN6O4S/c1-4-41(24(2)3)33(42)29-18-26(35)10-13-30(29)45-31-19-36-23-37-32(31)40-21-34(22-40)14-16-39(17-15-34)20-25-8-11-27(12-9-25)38-46(43,44)28-6-5-7-28/h10,13,18-19,23-25,27-28,38H,4-9,11-12,14-17,20-22H2,1-3H3. The number of hydrogen-bond acceptors (Lipinski definition) is 8. The zero-order chi connectivity index (χ0) is 32.5. The fraction of sp³-hybridized carbons (Fsp3) is 0.676. The molecule has 1 N–H and O–H groups in total. The maximum atomic E-state index is 14.3. The van der Waals surface area contributed by atoms with E-state index in [1.807, 2.05) is 20.8 Å². The summed E-state index contributed by atoms with van der Waals surface area (Å²) in [5.74, 6) is 1.29. The summed E-state index contributed by atoms with van der Waals surface area (Å²) in [4.78, 5) is 28.6. The lowest BCUT2D eigenvalue weighted by Crippen LogP contribution is -2.61. The zero-order valence-corrected chi connectivity index (χ0v) is 28.3. The van der Waals surface area contributed by atoms with Crippen molar-refractivity contribution in [2.45, 2.75) is 95.9 Å². The molecule has 0 unspecified atom stereocenters. The number of nitrogens with zero attached hydrogens (tertiary/aromatic N) is 5. The number of benzene rings is 1. The third-order valence-corrected chi connectivity index (χ3v) is 12.7. The molecule has 1 spiro atoms.